The minimum atomic E-state index is -0.328. The van der Waals surface area contributed by atoms with Crippen LogP contribution in [0.5, 0.6) is 0 Å². The summed E-state index contributed by atoms with van der Waals surface area (Å²) in [7, 11) is 5.49. The number of esters is 1. The molecule has 0 spiro atoms. The van der Waals surface area contributed by atoms with Crippen LogP contribution in [0.4, 0.5) is 17.3 Å². The molecule has 32 heavy (non-hydrogen) atoms. The number of hydrogen-bond acceptors (Lipinski definition) is 5. The Kier molecular flexibility index (Phi) is 5.89. The number of hydrogen-bond donors (Lipinski definition) is 1. The van der Waals surface area contributed by atoms with E-state index in [0.29, 0.717) is 17.5 Å². The number of rotatable bonds is 5. The van der Waals surface area contributed by atoms with Gasteiger partial charge in [-0.3, -0.25) is 0 Å². The van der Waals surface area contributed by atoms with Gasteiger partial charge in [0.05, 0.1) is 23.7 Å². The number of imidazole rings is 1. The van der Waals surface area contributed by atoms with E-state index in [1.807, 2.05) is 26.2 Å². The molecule has 0 aliphatic heterocycles. The Bertz CT molecular complexity index is 1110. The van der Waals surface area contributed by atoms with Gasteiger partial charge in [-0.15, -0.1) is 0 Å². The maximum absolute atomic E-state index is 12.2. The van der Waals surface area contributed by atoms with Gasteiger partial charge in [-0.1, -0.05) is 20.8 Å². The second-order valence-electron chi connectivity index (χ2n) is 10.1. The highest BCUT2D eigenvalue weighted by molar-refractivity contribution is 5.94. The van der Waals surface area contributed by atoms with E-state index in [-0.39, 0.29) is 11.4 Å². The number of carbonyl (C=O) groups is 1. The molecule has 2 aromatic carbocycles. The largest absolute Gasteiger partial charge is 0.465 e. The fourth-order valence-electron chi connectivity index (χ4n) is 5.26. The van der Waals surface area contributed by atoms with Gasteiger partial charge in [-0.05, 0) is 73.1 Å². The Hall–Kier alpha value is -3.02. The summed E-state index contributed by atoms with van der Waals surface area (Å²) in [6.07, 6.45) is 3.38. The van der Waals surface area contributed by atoms with Crippen molar-refractivity contribution in [1.82, 2.24) is 9.55 Å². The normalized spacial score (nSPS) is 20.2. The maximum atomic E-state index is 12.2. The first-order valence-electron chi connectivity index (χ1n) is 11.3. The lowest BCUT2D eigenvalue weighted by Gasteiger charge is -2.40. The Morgan fingerprint density at radius 3 is 2.50 bits per heavy atom. The monoisotopic (exact) mass is 434 g/mol. The van der Waals surface area contributed by atoms with E-state index in [1.165, 1.54) is 13.5 Å². The fourth-order valence-corrected chi connectivity index (χ4v) is 5.26. The lowest BCUT2D eigenvalue weighted by molar-refractivity contribution is 0.0600. The molecule has 6 heteroatoms. The van der Waals surface area contributed by atoms with E-state index in [4.69, 9.17) is 9.72 Å². The molecular weight excluding hydrogens is 400 g/mol. The van der Waals surface area contributed by atoms with E-state index in [9.17, 15) is 4.79 Å². The molecule has 0 radical (unpaired) electrons. The predicted molar refractivity (Wildman–Crippen MR) is 131 cm³/mol. The molecular formula is C26H34N4O2. The highest BCUT2D eigenvalue weighted by Crippen LogP contribution is 2.46. The van der Waals surface area contributed by atoms with Crippen LogP contribution in [-0.4, -0.2) is 36.7 Å². The van der Waals surface area contributed by atoms with Gasteiger partial charge in [0, 0.05) is 31.5 Å². The molecule has 1 aliphatic rings. The van der Waals surface area contributed by atoms with E-state index >= 15 is 0 Å². The Balaban J connectivity index is 1.80. The number of nitrogens with one attached hydrogen (secondary N) is 1. The van der Waals surface area contributed by atoms with Gasteiger partial charge < -0.3 is 19.5 Å². The predicted octanol–water partition coefficient (Wildman–Crippen LogP) is 6.02. The molecule has 0 bridgehead atoms. The highest BCUT2D eigenvalue weighted by atomic mass is 16.5. The Morgan fingerprint density at radius 2 is 1.88 bits per heavy atom. The van der Waals surface area contributed by atoms with E-state index in [2.05, 4.69) is 59.8 Å². The van der Waals surface area contributed by atoms with Crippen molar-refractivity contribution in [3.63, 3.8) is 0 Å². The molecule has 0 saturated heterocycles. The molecule has 4 rings (SSSR count). The first-order chi connectivity index (χ1) is 15.2. The van der Waals surface area contributed by atoms with Crippen LogP contribution in [0, 0.1) is 11.3 Å². The number of fused-ring (bicyclic) bond motifs is 1. The number of nitrogens with zero attached hydrogens (tertiary/aromatic N) is 3. The SMILES string of the molecule is COC(=O)c1ccc2nc(Nc3ccc(N(C)C)cc3)n(C3C[C@H](C)CC(C)(C)C3)c2c1. The summed E-state index contributed by atoms with van der Waals surface area (Å²) >= 11 is 0. The van der Waals surface area contributed by atoms with Crippen molar-refractivity contribution < 1.29 is 9.53 Å². The first kappa shape index (κ1) is 22.2. The quantitative estimate of drug-likeness (QED) is 0.498. The average molecular weight is 435 g/mol. The van der Waals surface area contributed by atoms with Crippen LogP contribution < -0.4 is 10.2 Å². The van der Waals surface area contributed by atoms with Gasteiger partial charge in [0.2, 0.25) is 5.95 Å². The number of anilines is 3. The summed E-state index contributed by atoms with van der Waals surface area (Å²) in [5, 5.41) is 3.55. The van der Waals surface area contributed by atoms with Crippen molar-refractivity contribution in [3.05, 3.63) is 48.0 Å². The average Bonchev–Trinajstić information content (AvgIpc) is 3.09. The van der Waals surface area contributed by atoms with Gasteiger partial charge in [-0.2, -0.15) is 0 Å². The van der Waals surface area contributed by atoms with Gasteiger partial charge >= 0.3 is 5.97 Å². The fraction of sp³-hybridized carbons (Fsp3) is 0.462. The summed E-state index contributed by atoms with van der Waals surface area (Å²) in [6.45, 7) is 7.03. The van der Waals surface area contributed by atoms with Crippen LogP contribution in [0.1, 0.15) is 56.4 Å². The number of methoxy groups -OCH3 is 1. The van der Waals surface area contributed by atoms with Crippen molar-refractivity contribution in [1.29, 1.82) is 0 Å². The van der Waals surface area contributed by atoms with Crippen LogP contribution in [0.2, 0.25) is 0 Å². The Morgan fingerprint density at radius 1 is 1.16 bits per heavy atom. The lowest BCUT2D eigenvalue weighted by atomic mass is 9.70. The molecule has 1 unspecified atom stereocenters. The minimum Gasteiger partial charge on any atom is -0.465 e. The van der Waals surface area contributed by atoms with Gasteiger partial charge in [0.25, 0.3) is 0 Å². The first-order valence-corrected chi connectivity index (χ1v) is 11.3. The maximum Gasteiger partial charge on any atom is 0.337 e. The Labute approximate surface area is 190 Å². The molecule has 3 aromatic rings. The molecule has 1 aromatic heterocycles. The molecule has 1 fully saturated rings. The van der Waals surface area contributed by atoms with Crippen molar-refractivity contribution in [2.45, 2.75) is 46.1 Å². The van der Waals surface area contributed by atoms with Gasteiger partial charge in [0.15, 0.2) is 0 Å². The van der Waals surface area contributed by atoms with Crippen LogP contribution >= 0.6 is 0 Å². The van der Waals surface area contributed by atoms with Crippen LogP contribution in [0.3, 0.4) is 0 Å². The third kappa shape index (κ3) is 4.45. The van der Waals surface area contributed by atoms with E-state index in [1.54, 1.807) is 6.07 Å². The highest BCUT2D eigenvalue weighted by Gasteiger charge is 2.34. The van der Waals surface area contributed by atoms with Crippen molar-refractivity contribution in [2.75, 3.05) is 31.4 Å². The molecule has 170 valence electrons. The van der Waals surface area contributed by atoms with Crippen LogP contribution in [0.25, 0.3) is 11.0 Å². The number of ether oxygens (including phenoxy) is 1. The number of benzene rings is 2. The summed E-state index contributed by atoms with van der Waals surface area (Å²) in [4.78, 5) is 19.2. The number of carbonyl (C=O) groups excluding carboxylic acids is 1. The minimum absolute atomic E-state index is 0.253. The van der Waals surface area contributed by atoms with Crippen LogP contribution in [-0.2, 0) is 4.74 Å². The summed E-state index contributed by atoms with van der Waals surface area (Å²) in [6, 6.07) is 14.3. The van der Waals surface area contributed by atoms with Crippen molar-refractivity contribution in [3.8, 4) is 0 Å². The molecule has 6 nitrogen and oxygen atoms in total. The molecule has 2 atom stereocenters. The molecule has 1 heterocycles. The van der Waals surface area contributed by atoms with Gasteiger partial charge in [-0.25, -0.2) is 9.78 Å². The molecule has 0 amide bonds. The van der Waals surface area contributed by atoms with E-state index in [0.717, 1.165) is 41.2 Å². The molecule has 1 N–H and O–H groups in total. The summed E-state index contributed by atoms with van der Waals surface area (Å²) in [5.74, 6) is 1.11. The smallest absolute Gasteiger partial charge is 0.337 e. The zero-order chi connectivity index (χ0) is 23.0. The third-order valence-corrected chi connectivity index (χ3v) is 6.48. The number of aromatic nitrogens is 2. The second kappa shape index (κ2) is 8.49. The third-order valence-electron chi connectivity index (χ3n) is 6.48. The topological polar surface area (TPSA) is 59.4 Å². The summed E-state index contributed by atoms with van der Waals surface area (Å²) < 4.78 is 7.27. The zero-order valence-electron chi connectivity index (χ0n) is 20.0. The lowest BCUT2D eigenvalue weighted by Crippen LogP contribution is -2.29. The van der Waals surface area contributed by atoms with Crippen molar-refractivity contribution >= 4 is 34.3 Å². The van der Waals surface area contributed by atoms with Crippen LogP contribution in [0.15, 0.2) is 42.5 Å². The zero-order valence-corrected chi connectivity index (χ0v) is 20.0. The van der Waals surface area contributed by atoms with Gasteiger partial charge in [0.1, 0.15) is 0 Å². The second-order valence-corrected chi connectivity index (χ2v) is 10.1. The molecule has 1 saturated carbocycles. The van der Waals surface area contributed by atoms with Crippen molar-refractivity contribution in [2.24, 2.45) is 11.3 Å². The summed E-state index contributed by atoms with van der Waals surface area (Å²) in [5.41, 5.74) is 4.78. The van der Waals surface area contributed by atoms with E-state index < -0.39 is 0 Å². The molecule has 1 aliphatic carbocycles. The standard InChI is InChI=1S/C26H34N4O2/c1-17-13-21(16-26(2,3)15-17)30-23-14-18(24(31)32-6)7-12-22(23)28-25(30)27-19-8-10-20(11-9-19)29(4)5/h7-12,14,17,21H,13,15-16H2,1-6H3,(H,27,28)/t17-,21?/m0/s1.